The van der Waals surface area contributed by atoms with Crippen LogP contribution in [-0.2, 0) is 9.59 Å². The van der Waals surface area contributed by atoms with Crippen molar-refractivity contribution in [2.45, 2.75) is 6.92 Å². The van der Waals surface area contributed by atoms with E-state index in [-0.39, 0.29) is 22.6 Å². The summed E-state index contributed by atoms with van der Waals surface area (Å²) in [5.74, 6) is -4.20. The number of hydrogen-bond donors (Lipinski definition) is 2. The Morgan fingerprint density at radius 3 is 2.62 bits per heavy atom. The summed E-state index contributed by atoms with van der Waals surface area (Å²) in [5, 5.41) is 18.8. The van der Waals surface area contributed by atoms with Crippen LogP contribution in [0.4, 0.5) is 0 Å². The number of phenols is 1. The van der Waals surface area contributed by atoms with Crippen molar-refractivity contribution >= 4 is 39.3 Å². The molecule has 2 rings (SSSR count). The molecule has 7 heteroatoms. The first-order valence-corrected chi connectivity index (χ1v) is 6.68. The first kappa shape index (κ1) is 15.1. The van der Waals surface area contributed by atoms with Crippen LogP contribution in [0.25, 0.3) is 0 Å². The summed E-state index contributed by atoms with van der Waals surface area (Å²) in [5.41, 5.74) is -0.341. The molecule has 0 saturated carbocycles. The minimum Gasteiger partial charge on any atom is -0.507 e. The number of phenolic OH excluding ortho intramolecular Hbond substituents is 1. The average Bonchev–Trinajstić information content (AvgIpc) is 2.40. The van der Waals surface area contributed by atoms with Crippen molar-refractivity contribution in [3.05, 3.63) is 39.9 Å². The van der Waals surface area contributed by atoms with Crippen LogP contribution in [-0.4, -0.2) is 33.6 Å². The molecule has 1 atom stereocenters. The Kier molecular flexibility index (Phi) is 4.04. The Balaban J connectivity index is 2.47. The number of hydrogen-bond acceptors (Lipinski definition) is 4. The van der Waals surface area contributed by atoms with Crippen LogP contribution in [0.3, 0.4) is 0 Å². The molecule has 0 aliphatic carbocycles. The van der Waals surface area contributed by atoms with Gasteiger partial charge in [-0.2, -0.15) is 0 Å². The largest absolute Gasteiger partial charge is 0.507 e. The van der Waals surface area contributed by atoms with Gasteiger partial charge in [-0.25, -0.2) is 4.99 Å². The summed E-state index contributed by atoms with van der Waals surface area (Å²) in [4.78, 5) is 38.8. The maximum Gasteiger partial charge on any atom is 0.316 e. The molecule has 0 radical (unpaired) electrons. The van der Waals surface area contributed by atoms with Gasteiger partial charge in [0.25, 0.3) is 5.91 Å². The minimum atomic E-state index is -1.20. The highest BCUT2D eigenvalue weighted by Crippen LogP contribution is 2.26. The third kappa shape index (κ3) is 2.92. The third-order valence-electron chi connectivity index (χ3n) is 3.01. The fourth-order valence-corrected chi connectivity index (χ4v) is 2.27. The Labute approximate surface area is 127 Å². The molecule has 1 heterocycles. The van der Waals surface area contributed by atoms with Gasteiger partial charge in [-0.3, -0.25) is 14.4 Å². The first-order chi connectivity index (χ1) is 9.81. The van der Waals surface area contributed by atoms with Crippen LogP contribution in [0.2, 0.25) is 0 Å². The highest BCUT2D eigenvalue weighted by atomic mass is 79.9. The van der Waals surface area contributed by atoms with Crippen LogP contribution >= 0.6 is 15.9 Å². The van der Waals surface area contributed by atoms with Crippen LogP contribution < -0.4 is 0 Å². The van der Waals surface area contributed by atoms with Gasteiger partial charge in [0.05, 0.1) is 11.1 Å². The SMILES string of the molecule is CC1=NC(=O)C(C(=O)c2cc(Br)ccc2O)=CC1C(=O)O. The molecule has 1 aromatic carbocycles. The maximum atomic E-state index is 12.3. The van der Waals surface area contributed by atoms with Gasteiger partial charge in [0.1, 0.15) is 11.7 Å². The number of Topliss-reactive ketones (excluding diaryl/α,β-unsaturated/α-hetero) is 1. The number of dihydropyridines is 1. The molecule has 2 N–H and O–H groups in total. The van der Waals surface area contributed by atoms with E-state index in [2.05, 4.69) is 20.9 Å². The number of carboxylic acids is 1. The molecule has 0 spiro atoms. The lowest BCUT2D eigenvalue weighted by molar-refractivity contribution is -0.138. The molecule has 1 unspecified atom stereocenters. The summed E-state index contributed by atoms with van der Waals surface area (Å²) in [7, 11) is 0. The van der Waals surface area contributed by atoms with Gasteiger partial charge >= 0.3 is 5.97 Å². The second kappa shape index (κ2) is 5.61. The van der Waals surface area contributed by atoms with Crippen molar-refractivity contribution in [1.82, 2.24) is 0 Å². The number of aliphatic carboxylic acids is 1. The molecular formula is C14H10BrNO5. The summed E-state index contributed by atoms with van der Waals surface area (Å²) >= 11 is 3.16. The number of nitrogens with zero attached hydrogens (tertiary/aromatic N) is 1. The van der Waals surface area contributed by atoms with Crippen LogP contribution in [0.5, 0.6) is 5.75 Å². The molecule has 1 aromatic rings. The van der Waals surface area contributed by atoms with E-state index in [1.54, 1.807) is 0 Å². The van der Waals surface area contributed by atoms with E-state index < -0.39 is 23.6 Å². The lowest BCUT2D eigenvalue weighted by Crippen LogP contribution is -2.28. The minimum absolute atomic E-state index is 0.0946. The van der Waals surface area contributed by atoms with E-state index in [0.717, 1.165) is 6.08 Å². The van der Waals surface area contributed by atoms with Gasteiger partial charge in [0.15, 0.2) is 0 Å². The van der Waals surface area contributed by atoms with Crippen LogP contribution in [0.1, 0.15) is 17.3 Å². The fraction of sp³-hybridized carbons (Fsp3) is 0.143. The predicted octanol–water partition coefficient (Wildman–Crippen LogP) is 1.97. The van der Waals surface area contributed by atoms with E-state index in [0.29, 0.717) is 4.47 Å². The molecule has 1 amide bonds. The number of carbonyl (C=O) groups excluding carboxylic acids is 2. The van der Waals surface area contributed by atoms with E-state index in [1.807, 2.05) is 0 Å². The maximum absolute atomic E-state index is 12.3. The Morgan fingerprint density at radius 2 is 2.00 bits per heavy atom. The summed E-state index contributed by atoms with van der Waals surface area (Å²) in [6.45, 7) is 1.41. The Hall–Kier alpha value is -2.28. The molecule has 0 fully saturated rings. The molecule has 1 aliphatic rings. The van der Waals surface area contributed by atoms with Crippen LogP contribution in [0.15, 0.2) is 39.3 Å². The van der Waals surface area contributed by atoms with E-state index in [9.17, 15) is 19.5 Å². The number of aromatic hydroxyl groups is 1. The molecule has 108 valence electrons. The van der Waals surface area contributed by atoms with Crippen molar-refractivity contribution in [2.75, 3.05) is 0 Å². The van der Waals surface area contributed by atoms with Gasteiger partial charge in [-0.05, 0) is 31.2 Å². The molecule has 21 heavy (non-hydrogen) atoms. The summed E-state index contributed by atoms with van der Waals surface area (Å²) in [6, 6.07) is 4.19. The first-order valence-electron chi connectivity index (χ1n) is 5.88. The highest BCUT2D eigenvalue weighted by Gasteiger charge is 2.31. The third-order valence-corrected chi connectivity index (χ3v) is 3.50. The second-order valence-electron chi connectivity index (χ2n) is 4.45. The van der Waals surface area contributed by atoms with E-state index >= 15 is 0 Å². The molecule has 6 nitrogen and oxygen atoms in total. The van der Waals surface area contributed by atoms with Gasteiger partial charge in [0.2, 0.25) is 5.78 Å². The highest BCUT2D eigenvalue weighted by molar-refractivity contribution is 9.10. The molecule has 0 bridgehead atoms. The number of aliphatic imine (C=N–C) groups is 1. The standard InChI is InChI=1S/C14H10BrNO5/c1-6-8(14(20)21)5-10(13(19)16-6)12(18)9-4-7(15)2-3-11(9)17/h2-5,8,17H,1H3,(H,20,21). The van der Waals surface area contributed by atoms with E-state index in [1.165, 1.54) is 25.1 Å². The number of amides is 1. The molecule has 0 saturated heterocycles. The zero-order valence-electron chi connectivity index (χ0n) is 10.8. The number of carboxylic acid groups (broad SMARTS) is 1. The molecular weight excluding hydrogens is 342 g/mol. The predicted molar refractivity (Wildman–Crippen MR) is 77.5 cm³/mol. The fourth-order valence-electron chi connectivity index (χ4n) is 1.91. The monoisotopic (exact) mass is 351 g/mol. The van der Waals surface area contributed by atoms with Gasteiger partial charge in [0, 0.05) is 10.2 Å². The number of halogens is 1. The smallest absolute Gasteiger partial charge is 0.316 e. The van der Waals surface area contributed by atoms with Crippen molar-refractivity contribution in [3.8, 4) is 5.75 Å². The van der Waals surface area contributed by atoms with Crippen molar-refractivity contribution < 1.29 is 24.6 Å². The molecule has 0 aromatic heterocycles. The zero-order chi connectivity index (χ0) is 15.7. The lowest BCUT2D eigenvalue weighted by atomic mass is 9.93. The average molecular weight is 352 g/mol. The Morgan fingerprint density at radius 1 is 1.33 bits per heavy atom. The van der Waals surface area contributed by atoms with Gasteiger partial charge in [-0.1, -0.05) is 15.9 Å². The van der Waals surface area contributed by atoms with Crippen molar-refractivity contribution in [2.24, 2.45) is 10.9 Å². The summed E-state index contributed by atoms with van der Waals surface area (Å²) < 4.78 is 0.543. The van der Waals surface area contributed by atoms with Crippen molar-refractivity contribution in [1.29, 1.82) is 0 Å². The number of carbonyl (C=O) groups is 3. The lowest BCUT2D eigenvalue weighted by Gasteiger charge is -2.15. The van der Waals surface area contributed by atoms with Gasteiger partial charge in [-0.15, -0.1) is 0 Å². The molecule has 1 aliphatic heterocycles. The zero-order valence-corrected chi connectivity index (χ0v) is 12.4. The van der Waals surface area contributed by atoms with Gasteiger partial charge < -0.3 is 10.2 Å². The number of benzene rings is 1. The topological polar surface area (TPSA) is 104 Å². The number of ketones is 1. The van der Waals surface area contributed by atoms with E-state index in [4.69, 9.17) is 5.11 Å². The normalized spacial score (nSPS) is 18.0. The summed E-state index contributed by atoms with van der Waals surface area (Å²) in [6.07, 6.45) is 1.07. The van der Waals surface area contributed by atoms with Crippen LogP contribution in [0, 0.1) is 5.92 Å². The quantitative estimate of drug-likeness (QED) is 0.639. The number of rotatable bonds is 3. The second-order valence-corrected chi connectivity index (χ2v) is 5.36. The Bertz CT molecular complexity index is 720. The van der Waals surface area contributed by atoms with Crippen molar-refractivity contribution in [3.63, 3.8) is 0 Å².